The van der Waals surface area contributed by atoms with Crippen molar-refractivity contribution in [3.63, 3.8) is 0 Å². The first-order valence-corrected chi connectivity index (χ1v) is 14.9. The number of nitrogens with one attached hydrogen (secondary N) is 1. The number of aryl methyl sites for hydroxylation is 2. The third-order valence-corrected chi connectivity index (χ3v) is 8.99. The zero-order chi connectivity index (χ0) is 28.0. The fourth-order valence-electron chi connectivity index (χ4n) is 6.44. The van der Waals surface area contributed by atoms with Crippen LogP contribution in [0.1, 0.15) is 54.9 Å². The molecule has 2 saturated heterocycles. The minimum Gasteiger partial charge on any atom is -0.370 e. The van der Waals surface area contributed by atoms with Gasteiger partial charge in [0.25, 0.3) is 0 Å². The third-order valence-electron chi connectivity index (χ3n) is 8.37. The normalized spacial score (nSPS) is 23.0. The van der Waals surface area contributed by atoms with Gasteiger partial charge in [-0.2, -0.15) is 0 Å². The van der Waals surface area contributed by atoms with Crippen LogP contribution >= 0.6 is 23.8 Å². The second-order valence-electron chi connectivity index (χ2n) is 11.6. The highest BCUT2D eigenvalue weighted by atomic mass is 35.5. The molecule has 7 heteroatoms. The Balaban J connectivity index is 1.43. The van der Waals surface area contributed by atoms with Gasteiger partial charge < -0.3 is 19.7 Å². The molecule has 0 radical (unpaired) electrons. The number of halogens is 1. The van der Waals surface area contributed by atoms with Gasteiger partial charge in [0.2, 0.25) is 0 Å². The Morgan fingerprint density at radius 2 is 1.68 bits per heavy atom. The van der Waals surface area contributed by atoms with E-state index in [4.69, 9.17) is 28.8 Å². The number of hydrogen-bond donors (Lipinski definition) is 1. The summed E-state index contributed by atoms with van der Waals surface area (Å²) >= 11 is 13.0. The Labute approximate surface area is 247 Å². The number of rotatable bonds is 5. The Hall–Kier alpha value is -3.35. The topological polar surface area (TPSA) is 36.3 Å². The second kappa shape index (κ2) is 10.9. The molecule has 2 aliphatic heterocycles. The monoisotopic (exact) mass is 569 g/mol. The summed E-state index contributed by atoms with van der Waals surface area (Å²) in [5.74, 6) is 1.30. The Morgan fingerprint density at radius 1 is 0.900 bits per heavy atom. The Kier molecular flexibility index (Phi) is 7.32. The van der Waals surface area contributed by atoms with Crippen LogP contribution < -0.4 is 15.1 Å². The van der Waals surface area contributed by atoms with E-state index in [1.54, 1.807) is 0 Å². The van der Waals surface area contributed by atoms with Gasteiger partial charge in [0, 0.05) is 42.6 Å². The summed E-state index contributed by atoms with van der Waals surface area (Å²) in [4.78, 5) is 9.37. The number of thiocarbonyl (C=S) groups is 1. The molecule has 4 atom stereocenters. The molecule has 2 aromatic carbocycles. The van der Waals surface area contributed by atoms with Crippen LogP contribution in [0.2, 0.25) is 5.02 Å². The van der Waals surface area contributed by atoms with Crippen molar-refractivity contribution in [1.29, 1.82) is 0 Å². The average molecular weight is 570 g/mol. The Bertz CT molecular complexity index is 1520. The highest BCUT2D eigenvalue weighted by molar-refractivity contribution is 7.80. The van der Waals surface area contributed by atoms with E-state index < -0.39 is 0 Å². The summed E-state index contributed by atoms with van der Waals surface area (Å²) in [5.41, 5.74) is 7.82. The summed E-state index contributed by atoms with van der Waals surface area (Å²) in [6, 6.07) is 23.1. The van der Waals surface area contributed by atoms with E-state index in [-0.39, 0.29) is 12.1 Å². The molecule has 0 saturated carbocycles. The van der Waals surface area contributed by atoms with Crippen molar-refractivity contribution in [3.8, 4) is 5.69 Å². The molecule has 2 fully saturated rings. The maximum absolute atomic E-state index is 7.02. The summed E-state index contributed by atoms with van der Waals surface area (Å²) < 4.78 is 2.27. The maximum Gasteiger partial charge on any atom is 0.174 e. The van der Waals surface area contributed by atoms with Crippen molar-refractivity contribution in [3.05, 3.63) is 107 Å². The van der Waals surface area contributed by atoms with Crippen LogP contribution in [0, 0.1) is 25.7 Å². The summed E-state index contributed by atoms with van der Waals surface area (Å²) in [5, 5.41) is 5.01. The molecule has 5 nitrogen and oxygen atoms in total. The molecule has 4 heterocycles. The van der Waals surface area contributed by atoms with Gasteiger partial charge in [-0.25, -0.2) is 0 Å². The molecule has 0 bridgehead atoms. The number of piperidine rings is 1. The summed E-state index contributed by atoms with van der Waals surface area (Å²) in [7, 11) is 0. The molecule has 0 unspecified atom stereocenters. The molecule has 1 N–H and O–H groups in total. The van der Waals surface area contributed by atoms with E-state index in [0.717, 1.165) is 46.6 Å². The largest absolute Gasteiger partial charge is 0.370 e. The minimum atomic E-state index is -0.129. The second-order valence-corrected chi connectivity index (χ2v) is 12.3. The number of nitrogens with zero attached hydrogens (tertiary/aromatic N) is 4. The van der Waals surface area contributed by atoms with E-state index >= 15 is 0 Å². The van der Waals surface area contributed by atoms with Crippen molar-refractivity contribution in [1.82, 2.24) is 14.9 Å². The number of anilines is 2. The van der Waals surface area contributed by atoms with Gasteiger partial charge in [-0.3, -0.25) is 4.98 Å². The lowest BCUT2D eigenvalue weighted by Crippen LogP contribution is -2.38. The van der Waals surface area contributed by atoms with Crippen LogP contribution in [0.25, 0.3) is 5.69 Å². The predicted molar refractivity (Wildman–Crippen MR) is 170 cm³/mol. The molecule has 2 aromatic heterocycles. The SMILES string of the molecule is Cc1ccc(-n2cccc2[C@H]2[C@H](c3ccccn3)NC(=S)N2c2ccc(N3C[C@H](C)C[C@H](C)C3)c(Cl)c2)cc1C. The molecule has 0 amide bonds. The first-order chi connectivity index (χ1) is 19.3. The van der Waals surface area contributed by atoms with E-state index in [1.807, 2.05) is 18.3 Å². The first kappa shape index (κ1) is 26.9. The predicted octanol–water partition coefficient (Wildman–Crippen LogP) is 7.80. The van der Waals surface area contributed by atoms with Crippen molar-refractivity contribution in [2.75, 3.05) is 22.9 Å². The Morgan fingerprint density at radius 3 is 2.38 bits per heavy atom. The number of aromatic nitrogens is 2. The fourth-order valence-corrected chi connectivity index (χ4v) is 7.08. The van der Waals surface area contributed by atoms with E-state index in [0.29, 0.717) is 16.9 Å². The molecule has 206 valence electrons. The van der Waals surface area contributed by atoms with Crippen molar-refractivity contribution in [2.45, 2.75) is 46.2 Å². The van der Waals surface area contributed by atoms with Gasteiger partial charge in [0.15, 0.2) is 5.11 Å². The van der Waals surface area contributed by atoms with Gasteiger partial charge in [-0.05, 0) is 110 Å². The molecule has 6 rings (SSSR count). The molecular weight excluding hydrogens is 534 g/mol. The number of hydrogen-bond acceptors (Lipinski definition) is 3. The molecule has 4 aromatic rings. The first-order valence-electron chi connectivity index (χ1n) is 14.1. The molecular formula is C33H36ClN5S. The van der Waals surface area contributed by atoms with Crippen LogP contribution in [-0.4, -0.2) is 27.8 Å². The molecule has 0 spiro atoms. The van der Waals surface area contributed by atoms with Crippen LogP contribution in [0.3, 0.4) is 0 Å². The van der Waals surface area contributed by atoms with Crippen molar-refractivity contribution in [2.24, 2.45) is 11.8 Å². The lowest BCUT2D eigenvalue weighted by Gasteiger charge is -2.37. The zero-order valence-electron chi connectivity index (χ0n) is 23.5. The van der Waals surface area contributed by atoms with Gasteiger partial charge in [0.1, 0.15) is 6.04 Å². The van der Waals surface area contributed by atoms with Crippen molar-refractivity contribution >= 4 is 40.3 Å². The van der Waals surface area contributed by atoms with Crippen LogP contribution in [0.15, 0.2) is 79.1 Å². The quantitative estimate of drug-likeness (QED) is 0.248. The van der Waals surface area contributed by atoms with Crippen LogP contribution in [0.4, 0.5) is 11.4 Å². The third kappa shape index (κ3) is 4.99. The standard InChI is InChI=1S/C33H36ClN5S/c1-21-16-22(2)20-37(19-21)29-13-12-26(18-27(29)34)39-32(31(36-33(39)40)28-8-5-6-14-35-28)30-9-7-15-38(30)25-11-10-23(3)24(4)17-25/h5-15,17-18,21-22,31-32H,16,19-20H2,1-4H3,(H,36,40)/t21-,22+,31-,32-/m0/s1. The average Bonchev–Trinajstić information content (AvgIpc) is 3.54. The van der Waals surface area contributed by atoms with E-state index in [2.05, 4.69) is 108 Å². The molecule has 0 aliphatic carbocycles. The van der Waals surface area contributed by atoms with E-state index in [9.17, 15) is 0 Å². The summed E-state index contributed by atoms with van der Waals surface area (Å²) in [6.45, 7) is 11.0. The molecule has 40 heavy (non-hydrogen) atoms. The number of pyridine rings is 1. The van der Waals surface area contributed by atoms with Crippen molar-refractivity contribution < 1.29 is 0 Å². The summed E-state index contributed by atoms with van der Waals surface area (Å²) in [6.07, 6.45) is 5.23. The van der Waals surface area contributed by atoms with Gasteiger partial charge in [-0.1, -0.05) is 37.6 Å². The van der Waals surface area contributed by atoms with Gasteiger partial charge in [0.05, 0.1) is 22.4 Å². The highest BCUT2D eigenvalue weighted by Crippen LogP contribution is 2.44. The van der Waals surface area contributed by atoms with Crippen LogP contribution in [0.5, 0.6) is 0 Å². The smallest absolute Gasteiger partial charge is 0.174 e. The zero-order valence-corrected chi connectivity index (χ0v) is 25.1. The fraction of sp³-hybridized carbons (Fsp3) is 0.333. The number of benzene rings is 2. The lowest BCUT2D eigenvalue weighted by atomic mass is 9.91. The highest BCUT2D eigenvalue weighted by Gasteiger charge is 2.42. The van der Waals surface area contributed by atoms with Gasteiger partial charge in [-0.15, -0.1) is 0 Å². The van der Waals surface area contributed by atoms with E-state index in [1.165, 1.54) is 17.5 Å². The molecule has 2 aliphatic rings. The lowest BCUT2D eigenvalue weighted by molar-refractivity contribution is 0.357. The maximum atomic E-state index is 7.02. The minimum absolute atomic E-state index is 0.129. The van der Waals surface area contributed by atoms with Crippen LogP contribution in [-0.2, 0) is 0 Å². The van der Waals surface area contributed by atoms with Gasteiger partial charge >= 0.3 is 0 Å².